The molecule has 0 saturated heterocycles. The average molecular weight is 289 g/mol. The maximum absolute atomic E-state index is 7.33. The van der Waals surface area contributed by atoms with Gasteiger partial charge in [-0.2, -0.15) is 0 Å². The highest BCUT2D eigenvalue weighted by atomic mass is 28.4. The summed E-state index contributed by atoms with van der Waals surface area (Å²) in [5.74, 6) is 0. The van der Waals surface area contributed by atoms with E-state index in [1.165, 1.54) is 16.2 Å². The standard InChI is InChI=1S/C14H11N.H4O4Si/c15-14-7-3-6-12-8-10-4-1-2-5-11(10)9-13(12)14;1-5(2,3)4/h1-9H,15H2;1-4H. The SMILES string of the molecule is Nc1cccc2cc3ccccc3cc12.O[Si](O)(O)O. The van der Waals surface area contributed by atoms with E-state index in [9.17, 15) is 0 Å². The van der Waals surface area contributed by atoms with Gasteiger partial charge in [-0.3, -0.25) is 0 Å². The first kappa shape index (κ1) is 14.4. The minimum Gasteiger partial charge on any atom is -0.398 e. The molecule has 104 valence electrons. The number of hydrogen-bond acceptors (Lipinski definition) is 5. The third kappa shape index (κ3) is 3.76. The predicted octanol–water partition coefficient (Wildman–Crippen LogP) is 0.966. The topological polar surface area (TPSA) is 107 Å². The van der Waals surface area contributed by atoms with Crippen molar-refractivity contribution in [2.75, 3.05) is 5.73 Å². The van der Waals surface area contributed by atoms with Crippen LogP contribution in [-0.2, 0) is 0 Å². The molecule has 0 aromatic heterocycles. The third-order valence-electron chi connectivity index (χ3n) is 2.78. The summed E-state index contributed by atoms with van der Waals surface area (Å²) >= 11 is 0. The summed E-state index contributed by atoms with van der Waals surface area (Å²) in [5, 5.41) is 4.84. The largest absolute Gasteiger partial charge is 0.668 e. The van der Waals surface area contributed by atoms with Crippen molar-refractivity contribution in [2.24, 2.45) is 0 Å². The van der Waals surface area contributed by atoms with E-state index in [-0.39, 0.29) is 0 Å². The quantitative estimate of drug-likeness (QED) is 0.241. The van der Waals surface area contributed by atoms with Crippen LogP contribution in [0.3, 0.4) is 0 Å². The molecule has 0 aliphatic rings. The first-order valence-corrected chi connectivity index (χ1v) is 7.70. The van der Waals surface area contributed by atoms with Crippen LogP contribution in [0.25, 0.3) is 21.5 Å². The van der Waals surface area contributed by atoms with Gasteiger partial charge < -0.3 is 24.9 Å². The van der Waals surface area contributed by atoms with Crippen LogP contribution >= 0.6 is 0 Å². The summed E-state index contributed by atoms with van der Waals surface area (Å²) in [6.07, 6.45) is 0. The number of anilines is 1. The van der Waals surface area contributed by atoms with Crippen molar-refractivity contribution in [1.29, 1.82) is 0 Å². The van der Waals surface area contributed by atoms with Crippen LogP contribution < -0.4 is 5.73 Å². The Morgan fingerprint density at radius 2 is 1.20 bits per heavy atom. The van der Waals surface area contributed by atoms with Gasteiger partial charge in [0.05, 0.1) is 0 Å². The molecule has 6 N–H and O–H groups in total. The molecule has 0 atom stereocenters. The van der Waals surface area contributed by atoms with E-state index < -0.39 is 9.05 Å². The Balaban J connectivity index is 0.000000257. The monoisotopic (exact) mass is 289 g/mol. The molecule has 0 aliphatic carbocycles. The van der Waals surface area contributed by atoms with Crippen LogP contribution in [0.2, 0.25) is 0 Å². The molecule has 0 spiro atoms. The maximum Gasteiger partial charge on any atom is 0.668 e. The molecule has 6 heteroatoms. The van der Waals surface area contributed by atoms with Crippen molar-refractivity contribution in [3.63, 3.8) is 0 Å². The molecule has 5 nitrogen and oxygen atoms in total. The van der Waals surface area contributed by atoms with E-state index in [0.29, 0.717) is 0 Å². The van der Waals surface area contributed by atoms with E-state index in [1.54, 1.807) is 0 Å². The Labute approximate surface area is 116 Å². The zero-order chi connectivity index (χ0) is 14.8. The van der Waals surface area contributed by atoms with Gasteiger partial charge in [0, 0.05) is 11.1 Å². The highest BCUT2D eigenvalue weighted by molar-refractivity contribution is 6.46. The van der Waals surface area contributed by atoms with Gasteiger partial charge in [0.25, 0.3) is 0 Å². The molecule has 0 heterocycles. The van der Waals surface area contributed by atoms with Gasteiger partial charge in [-0.05, 0) is 34.4 Å². The fraction of sp³-hybridized carbons (Fsp3) is 0. The molecule has 3 aromatic carbocycles. The fourth-order valence-corrected chi connectivity index (χ4v) is 1.99. The molecule has 0 unspecified atom stereocenters. The molecule has 3 aromatic rings. The van der Waals surface area contributed by atoms with Crippen LogP contribution in [0.4, 0.5) is 5.69 Å². The van der Waals surface area contributed by atoms with E-state index in [1.807, 2.05) is 18.2 Å². The first-order chi connectivity index (χ1) is 9.34. The van der Waals surface area contributed by atoms with Crippen LogP contribution in [0, 0.1) is 0 Å². The zero-order valence-corrected chi connectivity index (χ0v) is 11.6. The molecule has 0 bridgehead atoms. The lowest BCUT2D eigenvalue weighted by atomic mass is 10.0. The molecule has 0 radical (unpaired) electrons. The highest BCUT2D eigenvalue weighted by Crippen LogP contribution is 2.26. The lowest BCUT2D eigenvalue weighted by Crippen LogP contribution is -2.33. The van der Waals surface area contributed by atoms with Crippen LogP contribution in [0.15, 0.2) is 54.6 Å². The molecule has 3 rings (SSSR count). The van der Waals surface area contributed by atoms with Crippen molar-refractivity contribution in [3.8, 4) is 0 Å². The van der Waals surface area contributed by atoms with Crippen molar-refractivity contribution in [2.45, 2.75) is 0 Å². The fourth-order valence-electron chi connectivity index (χ4n) is 1.99. The van der Waals surface area contributed by atoms with Gasteiger partial charge in [-0.1, -0.05) is 36.4 Å². The Morgan fingerprint density at radius 1 is 0.700 bits per heavy atom. The molecule has 0 fully saturated rings. The van der Waals surface area contributed by atoms with Crippen molar-refractivity contribution in [1.82, 2.24) is 0 Å². The van der Waals surface area contributed by atoms with Gasteiger partial charge in [-0.15, -0.1) is 0 Å². The number of nitrogen functional groups attached to an aromatic ring is 1. The second kappa shape index (κ2) is 5.57. The molecule has 0 amide bonds. The Morgan fingerprint density at radius 3 is 1.80 bits per heavy atom. The lowest BCUT2D eigenvalue weighted by molar-refractivity contribution is 0.117. The van der Waals surface area contributed by atoms with E-state index >= 15 is 0 Å². The highest BCUT2D eigenvalue weighted by Gasteiger charge is 2.22. The smallest absolute Gasteiger partial charge is 0.398 e. The minimum absolute atomic E-state index is 0.846. The second-order valence-electron chi connectivity index (χ2n) is 4.37. The van der Waals surface area contributed by atoms with Gasteiger partial charge in [0.15, 0.2) is 0 Å². The van der Waals surface area contributed by atoms with Gasteiger partial charge in [0.1, 0.15) is 0 Å². The number of fused-ring (bicyclic) bond motifs is 2. The van der Waals surface area contributed by atoms with Crippen LogP contribution in [-0.4, -0.2) is 28.2 Å². The average Bonchev–Trinajstić information content (AvgIpc) is 2.35. The number of hydrogen-bond donors (Lipinski definition) is 5. The Bertz CT molecular complexity index is 734. The normalized spacial score (nSPS) is 11.2. The zero-order valence-electron chi connectivity index (χ0n) is 10.6. The number of benzene rings is 3. The predicted molar refractivity (Wildman–Crippen MR) is 80.5 cm³/mol. The summed E-state index contributed by atoms with van der Waals surface area (Å²) in [5.41, 5.74) is 6.79. The minimum atomic E-state index is -4.61. The Kier molecular flexibility index (Phi) is 4.03. The summed E-state index contributed by atoms with van der Waals surface area (Å²) in [6.45, 7) is 0. The summed E-state index contributed by atoms with van der Waals surface area (Å²) in [6, 6.07) is 18.7. The van der Waals surface area contributed by atoms with Crippen LogP contribution in [0.5, 0.6) is 0 Å². The third-order valence-corrected chi connectivity index (χ3v) is 2.78. The molecule has 0 aliphatic heterocycles. The van der Waals surface area contributed by atoms with Gasteiger partial charge in [0.2, 0.25) is 0 Å². The van der Waals surface area contributed by atoms with E-state index in [0.717, 1.165) is 11.1 Å². The van der Waals surface area contributed by atoms with Crippen molar-refractivity contribution < 1.29 is 19.2 Å². The number of rotatable bonds is 0. The van der Waals surface area contributed by atoms with Crippen LogP contribution in [0.1, 0.15) is 0 Å². The summed E-state index contributed by atoms with van der Waals surface area (Å²) in [4.78, 5) is 29.3. The summed E-state index contributed by atoms with van der Waals surface area (Å²) < 4.78 is 0. The molecular weight excluding hydrogens is 274 g/mol. The molecule has 0 saturated carbocycles. The number of nitrogens with two attached hydrogens (primary N) is 1. The molecule has 20 heavy (non-hydrogen) atoms. The first-order valence-electron chi connectivity index (χ1n) is 5.91. The van der Waals surface area contributed by atoms with Gasteiger partial charge >= 0.3 is 9.05 Å². The van der Waals surface area contributed by atoms with Crippen molar-refractivity contribution >= 4 is 36.3 Å². The maximum atomic E-state index is 7.33. The van der Waals surface area contributed by atoms with E-state index in [2.05, 4.69) is 36.4 Å². The Hall–Kier alpha value is -1.96. The molecular formula is C14H15NO4Si. The lowest BCUT2D eigenvalue weighted by Gasteiger charge is -2.04. The second-order valence-corrected chi connectivity index (χ2v) is 5.57. The van der Waals surface area contributed by atoms with Crippen molar-refractivity contribution in [3.05, 3.63) is 54.6 Å². The van der Waals surface area contributed by atoms with Gasteiger partial charge in [-0.25, -0.2) is 0 Å². The van der Waals surface area contributed by atoms with E-state index in [4.69, 9.17) is 24.9 Å². The summed E-state index contributed by atoms with van der Waals surface area (Å²) in [7, 11) is -4.61.